The summed E-state index contributed by atoms with van der Waals surface area (Å²) in [5.41, 5.74) is -0.364. The fraction of sp³-hybridized carbons (Fsp3) is 0.857. The summed E-state index contributed by atoms with van der Waals surface area (Å²) >= 11 is 0. The highest BCUT2D eigenvalue weighted by atomic mass is 16.5. The molecular formula is C14H26O3. The van der Waals surface area contributed by atoms with E-state index in [1.807, 2.05) is 6.08 Å². The summed E-state index contributed by atoms with van der Waals surface area (Å²) in [5.74, 6) is 0. The molecule has 0 aromatic heterocycles. The van der Waals surface area contributed by atoms with E-state index in [-0.39, 0.29) is 11.7 Å². The Balaban J connectivity index is 2.28. The summed E-state index contributed by atoms with van der Waals surface area (Å²) < 4.78 is 10.9. The van der Waals surface area contributed by atoms with Crippen molar-refractivity contribution in [3.05, 3.63) is 12.7 Å². The minimum atomic E-state index is -0.364. The lowest BCUT2D eigenvalue weighted by Gasteiger charge is -2.39. The molecule has 1 unspecified atom stereocenters. The molecule has 1 heterocycles. The van der Waals surface area contributed by atoms with Gasteiger partial charge in [-0.05, 0) is 19.3 Å². The van der Waals surface area contributed by atoms with Crippen LogP contribution in [0.15, 0.2) is 12.7 Å². The van der Waals surface area contributed by atoms with Crippen LogP contribution < -0.4 is 0 Å². The van der Waals surface area contributed by atoms with Crippen molar-refractivity contribution in [2.45, 2.75) is 56.7 Å². The molecule has 1 aliphatic heterocycles. The molecule has 0 amide bonds. The Morgan fingerprint density at radius 2 is 2.06 bits per heavy atom. The van der Waals surface area contributed by atoms with Crippen LogP contribution in [0.5, 0.6) is 0 Å². The van der Waals surface area contributed by atoms with Crippen molar-refractivity contribution in [2.24, 2.45) is 0 Å². The van der Waals surface area contributed by atoms with Crippen LogP contribution in [0.3, 0.4) is 0 Å². The van der Waals surface area contributed by atoms with E-state index in [2.05, 4.69) is 6.58 Å². The Labute approximate surface area is 105 Å². The van der Waals surface area contributed by atoms with Crippen molar-refractivity contribution in [2.75, 3.05) is 20.3 Å². The van der Waals surface area contributed by atoms with Crippen LogP contribution >= 0.6 is 0 Å². The Bertz CT molecular complexity index is 210. The van der Waals surface area contributed by atoms with Crippen molar-refractivity contribution < 1.29 is 14.6 Å². The molecule has 17 heavy (non-hydrogen) atoms. The number of unbranched alkanes of at least 4 members (excludes halogenated alkanes) is 3. The van der Waals surface area contributed by atoms with Crippen molar-refractivity contribution in [1.82, 2.24) is 0 Å². The second-order valence-corrected chi connectivity index (χ2v) is 4.82. The lowest BCUT2D eigenvalue weighted by atomic mass is 9.85. The van der Waals surface area contributed by atoms with Gasteiger partial charge in [0.25, 0.3) is 0 Å². The molecule has 3 heteroatoms. The van der Waals surface area contributed by atoms with Gasteiger partial charge in [0.1, 0.15) is 0 Å². The minimum absolute atomic E-state index is 0.361. The molecule has 3 nitrogen and oxygen atoms in total. The summed E-state index contributed by atoms with van der Waals surface area (Å²) in [6, 6.07) is 0. The number of rotatable bonds is 8. The highest BCUT2D eigenvalue weighted by molar-refractivity contribution is 4.90. The van der Waals surface area contributed by atoms with Gasteiger partial charge in [0.15, 0.2) is 0 Å². The molecule has 1 atom stereocenters. The highest BCUT2D eigenvalue weighted by Crippen LogP contribution is 2.30. The zero-order chi connectivity index (χ0) is 12.6. The zero-order valence-corrected chi connectivity index (χ0v) is 11.0. The van der Waals surface area contributed by atoms with Gasteiger partial charge in [-0.1, -0.05) is 18.9 Å². The zero-order valence-electron chi connectivity index (χ0n) is 11.0. The van der Waals surface area contributed by atoms with E-state index in [9.17, 15) is 5.11 Å². The van der Waals surface area contributed by atoms with Gasteiger partial charge in [0, 0.05) is 33.2 Å². The Kier molecular flexibility index (Phi) is 6.78. The number of allylic oxidation sites excluding steroid dienone is 1. The Morgan fingerprint density at radius 1 is 1.35 bits per heavy atom. The van der Waals surface area contributed by atoms with Gasteiger partial charge >= 0.3 is 0 Å². The van der Waals surface area contributed by atoms with Crippen molar-refractivity contribution in [3.63, 3.8) is 0 Å². The fourth-order valence-corrected chi connectivity index (χ4v) is 2.46. The van der Waals surface area contributed by atoms with Gasteiger partial charge in [-0.15, -0.1) is 6.58 Å². The molecular weight excluding hydrogens is 216 g/mol. The van der Waals surface area contributed by atoms with Gasteiger partial charge in [-0.25, -0.2) is 0 Å². The lowest BCUT2D eigenvalue weighted by Crippen LogP contribution is -2.48. The molecule has 1 saturated heterocycles. The van der Waals surface area contributed by atoms with E-state index < -0.39 is 0 Å². The summed E-state index contributed by atoms with van der Waals surface area (Å²) in [5, 5.41) is 10.3. The quantitative estimate of drug-likeness (QED) is 0.525. The van der Waals surface area contributed by atoms with Crippen molar-refractivity contribution >= 4 is 0 Å². The number of ether oxygens (including phenoxy) is 2. The summed E-state index contributed by atoms with van der Waals surface area (Å²) in [7, 11) is 1.70. The number of hydrogen-bond acceptors (Lipinski definition) is 3. The SMILES string of the molecule is C=CCCCCCC(O)C1(OC)CCOCC1. The molecule has 1 rings (SSSR count). The first-order chi connectivity index (χ1) is 8.25. The maximum absolute atomic E-state index is 10.3. The van der Waals surface area contributed by atoms with Crippen molar-refractivity contribution in [1.29, 1.82) is 0 Å². The van der Waals surface area contributed by atoms with Crippen LogP contribution in [0.1, 0.15) is 44.9 Å². The standard InChI is InChI=1S/C14H26O3/c1-3-4-5-6-7-8-13(15)14(16-2)9-11-17-12-10-14/h3,13,15H,1,4-12H2,2H3. The molecule has 0 aromatic carbocycles. The van der Waals surface area contributed by atoms with Crippen molar-refractivity contribution in [3.8, 4) is 0 Å². The predicted molar refractivity (Wildman–Crippen MR) is 69.1 cm³/mol. The Morgan fingerprint density at radius 3 is 2.65 bits per heavy atom. The lowest BCUT2D eigenvalue weighted by molar-refractivity contribution is -0.154. The van der Waals surface area contributed by atoms with E-state index in [1.54, 1.807) is 7.11 Å². The molecule has 0 bridgehead atoms. The first kappa shape index (κ1) is 14.7. The third-order valence-corrected chi connectivity index (χ3v) is 3.74. The summed E-state index contributed by atoms with van der Waals surface area (Å²) in [4.78, 5) is 0. The van der Waals surface area contributed by atoms with Crippen LogP contribution in [0, 0.1) is 0 Å². The highest BCUT2D eigenvalue weighted by Gasteiger charge is 2.39. The average molecular weight is 242 g/mol. The van der Waals surface area contributed by atoms with Crippen LogP contribution in [0.4, 0.5) is 0 Å². The minimum Gasteiger partial charge on any atom is -0.390 e. The van der Waals surface area contributed by atoms with Gasteiger partial charge in [-0.3, -0.25) is 0 Å². The monoisotopic (exact) mass is 242 g/mol. The van der Waals surface area contributed by atoms with Crippen LogP contribution in [0.2, 0.25) is 0 Å². The predicted octanol–water partition coefficient (Wildman–Crippen LogP) is 2.68. The third-order valence-electron chi connectivity index (χ3n) is 3.74. The Hall–Kier alpha value is -0.380. The molecule has 0 radical (unpaired) electrons. The van der Waals surface area contributed by atoms with Crippen LogP contribution in [0.25, 0.3) is 0 Å². The largest absolute Gasteiger partial charge is 0.390 e. The molecule has 100 valence electrons. The molecule has 0 aromatic rings. The van der Waals surface area contributed by atoms with Gasteiger partial charge in [-0.2, -0.15) is 0 Å². The molecule has 1 fully saturated rings. The topological polar surface area (TPSA) is 38.7 Å². The van der Waals surface area contributed by atoms with Gasteiger partial charge in [0.2, 0.25) is 0 Å². The second kappa shape index (κ2) is 7.85. The number of aliphatic hydroxyl groups is 1. The average Bonchev–Trinajstić information content (AvgIpc) is 2.39. The maximum Gasteiger partial charge on any atom is 0.0980 e. The molecule has 0 spiro atoms. The first-order valence-electron chi connectivity index (χ1n) is 6.67. The summed E-state index contributed by atoms with van der Waals surface area (Å²) in [6.07, 6.45) is 8.46. The molecule has 0 saturated carbocycles. The first-order valence-corrected chi connectivity index (χ1v) is 6.67. The van der Waals surface area contributed by atoms with Gasteiger partial charge < -0.3 is 14.6 Å². The third kappa shape index (κ3) is 4.41. The second-order valence-electron chi connectivity index (χ2n) is 4.82. The molecule has 1 N–H and O–H groups in total. The van der Waals surface area contributed by atoms with Crippen LogP contribution in [-0.2, 0) is 9.47 Å². The number of methoxy groups -OCH3 is 1. The van der Waals surface area contributed by atoms with Gasteiger partial charge in [0.05, 0.1) is 11.7 Å². The fourth-order valence-electron chi connectivity index (χ4n) is 2.46. The number of hydrogen-bond donors (Lipinski definition) is 1. The molecule has 1 aliphatic rings. The van der Waals surface area contributed by atoms with E-state index in [0.717, 1.165) is 38.5 Å². The van der Waals surface area contributed by atoms with E-state index in [1.165, 1.54) is 6.42 Å². The summed E-state index contributed by atoms with van der Waals surface area (Å²) in [6.45, 7) is 5.10. The van der Waals surface area contributed by atoms with E-state index >= 15 is 0 Å². The van der Waals surface area contributed by atoms with E-state index in [0.29, 0.717) is 13.2 Å². The van der Waals surface area contributed by atoms with Crippen LogP contribution in [-0.4, -0.2) is 37.1 Å². The number of aliphatic hydroxyl groups excluding tert-OH is 1. The maximum atomic E-state index is 10.3. The smallest absolute Gasteiger partial charge is 0.0980 e. The molecule has 0 aliphatic carbocycles. The van der Waals surface area contributed by atoms with E-state index in [4.69, 9.17) is 9.47 Å². The normalized spacial score (nSPS) is 21.1.